The zero-order valence-corrected chi connectivity index (χ0v) is 11.2. The Hall–Kier alpha value is -0.840. The van der Waals surface area contributed by atoms with Crippen LogP contribution in [0.3, 0.4) is 0 Å². The van der Waals surface area contributed by atoms with Crippen molar-refractivity contribution in [2.75, 3.05) is 6.61 Å². The van der Waals surface area contributed by atoms with Crippen LogP contribution in [0.25, 0.3) is 5.57 Å². The highest BCUT2D eigenvalue weighted by molar-refractivity contribution is 7.95. The van der Waals surface area contributed by atoms with Crippen LogP contribution in [0.5, 0.6) is 0 Å². The normalized spacial score (nSPS) is 17.1. The molecule has 17 heavy (non-hydrogen) atoms. The van der Waals surface area contributed by atoms with Gasteiger partial charge in [0.1, 0.15) is 0 Å². The lowest BCUT2D eigenvalue weighted by Gasteiger charge is -2.08. The molecule has 0 saturated heterocycles. The highest BCUT2D eigenvalue weighted by Gasteiger charge is 2.27. The number of fused-ring (bicyclic) bond motifs is 1. The van der Waals surface area contributed by atoms with E-state index in [-0.39, 0.29) is 11.0 Å². The lowest BCUT2D eigenvalue weighted by atomic mass is 10.1. The minimum Gasteiger partial charge on any atom is -0.374 e. The van der Waals surface area contributed by atoms with E-state index in [1.165, 1.54) is 11.5 Å². The molecule has 5 heteroatoms. The first-order valence-corrected chi connectivity index (χ1v) is 7.20. The van der Waals surface area contributed by atoms with Crippen LogP contribution in [0.1, 0.15) is 19.4 Å². The van der Waals surface area contributed by atoms with Crippen LogP contribution >= 0.6 is 11.6 Å². The topological polar surface area (TPSA) is 43.4 Å². The minimum atomic E-state index is -3.35. The molecule has 1 heterocycles. The molecule has 1 aromatic rings. The zero-order valence-electron chi connectivity index (χ0n) is 9.60. The smallest absolute Gasteiger partial charge is 0.200 e. The van der Waals surface area contributed by atoms with Crippen molar-refractivity contribution in [3.8, 4) is 0 Å². The van der Waals surface area contributed by atoms with Crippen molar-refractivity contribution >= 4 is 27.0 Å². The molecule has 92 valence electrons. The number of hydrogen-bond donors (Lipinski definition) is 0. The number of halogens is 1. The summed E-state index contributed by atoms with van der Waals surface area (Å²) in [7, 11) is -3.35. The summed E-state index contributed by atoms with van der Waals surface area (Å²) in [5, 5.41) is 1.68. The van der Waals surface area contributed by atoms with E-state index >= 15 is 0 Å². The summed E-state index contributed by atoms with van der Waals surface area (Å²) < 4.78 is 29.2. The monoisotopic (exact) mass is 272 g/mol. The second-order valence-electron chi connectivity index (χ2n) is 4.19. The van der Waals surface area contributed by atoms with Gasteiger partial charge < -0.3 is 4.74 Å². The highest BCUT2D eigenvalue weighted by Crippen LogP contribution is 2.35. The van der Waals surface area contributed by atoms with Gasteiger partial charge in [-0.25, -0.2) is 8.42 Å². The number of rotatable bonds is 3. The summed E-state index contributed by atoms with van der Waals surface area (Å²) >= 11 is 5.81. The number of benzene rings is 1. The zero-order chi connectivity index (χ0) is 12.6. The van der Waals surface area contributed by atoms with Gasteiger partial charge in [-0.1, -0.05) is 17.7 Å². The predicted molar refractivity (Wildman–Crippen MR) is 67.7 cm³/mol. The van der Waals surface area contributed by atoms with Crippen LogP contribution < -0.4 is 0 Å². The third kappa shape index (κ3) is 2.54. The Morgan fingerprint density at radius 2 is 2.06 bits per heavy atom. The van der Waals surface area contributed by atoms with E-state index in [0.29, 0.717) is 22.8 Å². The minimum absolute atomic E-state index is 0.0648. The fourth-order valence-corrected chi connectivity index (χ4v) is 3.41. The van der Waals surface area contributed by atoms with Crippen LogP contribution in [0, 0.1) is 0 Å². The second-order valence-corrected chi connectivity index (χ2v) is 6.39. The standard InChI is InChI=1S/C12H13ClO3S/c1-8(2)16-6-9-7-17(14,15)12-5-10(13)3-4-11(9)12/h3-5,7-8H,6H2,1-2H3. The molecule has 0 N–H and O–H groups in total. The Morgan fingerprint density at radius 3 is 2.71 bits per heavy atom. The van der Waals surface area contributed by atoms with Crippen molar-refractivity contribution in [2.24, 2.45) is 0 Å². The molecule has 0 saturated carbocycles. The maximum Gasteiger partial charge on any atom is 0.200 e. The molecule has 1 aromatic carbocycles. The van der Waals surface area contributed by atoms with Gasteiger partial charge in [-0.05, 0) is 37.1 Å². The van der Waals surface area contributed by atoms with Gasteiger partial charge in [0.25, 0.3) is 0 Å². The number of sulfone groups is 1. The van der Waals surface area contributed by atoms with Gasteiger partial charge in [0.05, 0.1) is 17.6 Å². The number of hydrogen-bond acceptors (Lipinski definition) is 3. The molecule has 0 bridgehead atoms. The lowest BCUT2D eigenvalue weighted by molar-refractivity contribution is 0.107. The third-order valence-corrected chi connectivity index (χ3v) is 4.25. The van der Waals surface area contributed by atoms with Crippen molar-refractivity contribution in [2.45, 2.75) is 24.8 Å². The van der Waals surface area contributed by atoms with Gasteiger partial charge in [-0.2, -0.15) is 0 Å². The Kier molecular flexibility index (Phi) is 3.30. The molecule has 2 rings (SSSR count). The lowest BCUT2D eigenvalue weighted by Crippen LogP contribution is -2.04. The summed E-state index contributed by atoms with van der Waals surface area (Å²) in [5.41, 5.74) is 1.38. The molecule has 0 atom stereocenters. The maximum atomic E-state index is 11.9. The van der Waals surface area contributed by atoms with Gasteiger partial charge >= 0.3 is 0 Å². The van der Waals surface area contributed by atoms with Crippen LogP contribution in [0.2, 0.25) is 5.02 Å². The first-order chi connectivity index (χ1) is 7.90. The molecule has 0 amide bonds. The molecular weight excluding hydrogens is 260 g/mol. The van der Waals surface area contributed by atoms with Gasteiger partial charge in [-0.3, -0.25) is 0 Å². The Morgan fingerprint density at radius 1 is 1.35 bits per heavy atom. The van der Waals surface area contributed by atoms with E-state index in [4.69, 9.17) is 16.3 Å². The first-order valence-electron chi connectivity index (χ1n) is 5.27. The van der Waals surface area contributed by atoms with E-state index in [1.807, 2.05) is 13.8 Å². The maximum absolute atomic E-state index is 11.9. The molecule has 0 spiro atoms. The number of ether oxygens (including phenoxy) is 1. The first kappa shape index (κ1) is 12.6. The molecule has 1 aliphatic heterocycles. The van der Waals surface area contributed by atoms with Crippen molar-refractivity contribution in [3.63, 3.8) is 0 Å². The highest BCUT2D eigenvalue weighted by atomic mass is 35.5. The average Bonchev–Trinajstić information content (AvgIpc) is 2.48. The van der Waals surface area contributed by atoms with E-state index < -0.39 is 9.84 Å². The van der Waals surface area contributed by atoms with Crippen molar-refractivity contribution in [1.29, 1.82) is 0 Å². The van der Waals surface area contributed by atoms with E-state index in [0.717, 1.165) is 0 Å². The quantitative estimate of drug-likeness (QED) is 0.850. The van der Waals surface area contributed by atoms with E-state index in [1.54, 1.807) is 12.1 Å². The molecule has 0 radical (unpaired) electrons. The second kappa shape index (κ2) is 4.44. The molecule has 0 aliphatic carbocycles. The van der Waals surface area contributed by atoms with E-state index in [2.05, 4.69) is 0 Å². The van der Waals surface area contributed by atoms with Gasteiger partial charge in [0.15, 0.2) is 0 Å². The molecule has 0 aromatic heterocycles. The summed E-state index contributed by atoms with van der Waals surface area (Å²) in [5.74, 6) is 0. The van der Waals surface area contributed by atoms with Crippen molar-refractivity contribution in [3.05, 3.63) is 34.2 Å². The van der Waals surface area contributed by atoms with Crippen LogP contribution in [-0.2, 0) is 14.6 Å². The van der Waals surface area contributed by atoms with Gasteiger partial charge in [0.2, 0.25) is 9.84 Å². The summed E-state index contributed by atoms with van der Waals surface area (Å²) in [6.07, 6.45) is 0.0648. The Labute approximate surface area is 106 Å². The summed E-state index contributed by atoms with van der Waals surface area (Å²) in [6, 6.07) is 4.88. The third-order valence-electron chi connectivity index (χ3n) is 2.47. The molecule has 0 unspecified atom stereocenters. The molecule has 3 nitrogen and oxygen atoms in total. The summed E-state index contributed by atoms with van der Waals surface area (Å²) in [4.78, 5) is 0.271. The largest absolute Gasteiger partial charge is 0.374 e. The van der Waals surface area contributed by atoms with E-state index in [9.17, 15) is 8.42 Å². The van der Waals surface area contributed by atoms with Gasteiger partial charge in [0, 0.05) is 10.4 Å². The summed E-state index contributed by atoms with van der Waals surface area (Å²) in [6.45, 7) is 4.12. The Bertz CT molecular complexity index is 573. The molecular formula is C12H13ClO3S. The predicted octanol–water partition coefficient (Wildman–Crippen LogP) is 2.89. The van der Waals surface area contributed by atoms with Crippen LogP contribution in [0.15, 0.2) is 28.5 Å². The fourth-order valence-electron chi connectivity index (χ4n) is 1.68. The Balaban J connectivity index is 2.40. The molecule has 0 fully saturated rings. The van der Waals surface area contributed by atoms with Crippen molar-refractivity contribution in [1.82, 2.24) is 0 Å². The van der Waals surface area contributed by atoms with Crippen LogP contribution in [-0.4, -0.2) is 21.1 Å². The fraction of sp³-hybridized carbons (Fsp3) is 0.333. The average molecular weight is 273 g/mol. The molecule has 1 aliphatic rings. The van der Waals surface area contributed by atoms with Gasteiger partial charge in [-0.15, -0.1) is 0 Å². The van der Waals surface area contributed by atoms with Crippen molar-refractivity contribution < 1.29 is 13.2 Å². The van der Waals surface area contributed by atoms with Crippen LogP contribution in [0.4, 0.5) is 0 Å². The SMILES string of the molecule is CC(C)OCC1=CS(=O)(=O)c2cc(Cl)ccc21.